The maximum Gasteiger partial charge on any atom is 0.408 e. The summed E-state index contributed by atoms with van der Waals surface area (Å²) in [6, 6.07) is 5.97. The number of unbranched alkanes of at least 4 members (excludes halogenated alkanes) is 2. The number of alkyl carbamates (subject to hydrolysis) is 1. The highest BCUT2D eigenvalue weighted by molar-refractivity contribution is 5.92. The average Bonchev–Trinajstić information content (AvgIpc) is 2.78. The lowest BCUT2D eigenvalue weighted by Gasteiger charge is -2.37. The molecule has 0 aliphatic heterocycles. The molecule has 0 aliphatic rings. The van der Waals surface area contributed by atoms with Crippen molar-refractivity contribution in [2.24, 2.45) is 0 Å². The Labute approximate surface area is 206 Å². The van der Waals surface area contributed by atoms with Crippen LogP contribution < -0.4 is 10.6 Å². The first-order chi connectivity index (χ1) is 15.9. The van der Waals surface area contributed by atoms with E-state index in [9.17, 15) is 14.4 Å². The van der Waals surface area contributed by atoms with Gasteiger partial charge in [0.15, 0.2) is 0 Å². The summed E-state index contributed by atoms with van der Waals surface area (Å²) >= 11 is 0. The molecule has 34 heavy (non-hydrogen) atoms. The monoisotopic (exact) mass is 475 g/mol. The van der Waals surface area contributed by atoms with Crippen molar-refractivity contribution in [1.82, 2.24) is 15.5 Å². The maximum atomic E-state index is 13.6. The Morgan fingerprint density at radius 2 is 1.62 bits per heavy atom. The van der Waals surface area contributed by atoms with Gasteiger partial charge in [0.05, 0.1) is 0 Å². The van der Waals surface area contributed by atoms with Gasteiger partial charge in [-0.1, -0.05) is 57.9 Å². The number of rotatable bonds is 12. The first-order valence-electron chi connectivity index (χ1n) is 12.6. The zero-order valence-corrected chi connectivity index (χ0v) is 22.4. The van der Waals surface area contributed by atoms with Crippen LogP contribution in [0.15, 0.2) is 24.3 Å². The third-order valence-corrected chi connectivity index (χ3v) is 5.73. The molecular weight excluding hydrogens is 430 g/mol. The van der Waals surface area contributed by atoms with Crippen molar-refractivity contribution in [3.05, 3.63) is 35.4 Å². The molecule has 0 spiro atoms. The van der Waals surface area contributed by atoms with Gasteiger partial charge in [-0.3, -0.25) is 9.59 Å². The van der Waals surface area contributed by atoms with Crippen LogP contribution in [0.25, 0.3) is 0 Å². The highest BCUT2D eigenvalue weighted by Gasteiger charge is 2.37. The third-order valence-electron chi connectivity index (χ3n) is 5.73. The second-order valence-electron chi connectivity index (χ2n) is 9.87. The van der Waals surface area contributed by atoms with Crippen molar-refractivity contribution >= 4 is 17.9 Å². The summed E-state index contributed by atoms with van der Waals surface area (Å²) in [6.45, 7) is 15.6. The standard InChI is InChI=1S/C27H45N3O4/c1-9-12-13-18-28-24(31)23(22-16-14-21(11-3)15-17-22)30(19(4)10-2)25(32)20(5)29-26(33)34-27(6,7)8/h14-17,19-20,23H,9-13,18H2,1-8H3,(H,28,31)(H,29,33). The summed E-state index contributed by atoms with van der Waals surface area (Å²) in [7, 11) is 0. The molecule has 1 aromatic rings. The number of amides is 3. The van der Waals surface area contributed by atoms with Gasteiger partial charge in [-0.05, 0) is 65.0 Å². The molecule has 3 unspecified atom stereocenters. The van der Waals surface area contributed by atoms with Gasteiger partial charge >= 0.3 is 6.09 Å². The molecule has 0 aromatic heterocycles. The summed E-state index contributed by atoms with van der Waals surface area (Å²) < 4.78 is 5.32. The lowest BCUT2D eigenvalue weighted by molar-refractivity contribution is -0.144. The first-order valence-corrected chi connectivity index (χ1v) is 12.6. The van der Waals surface area contributed by atoms with Gasteiger partial charge in [-0.15, -0.1) is 0 Å². The minimum atomic E-state index is -0.853. The molecule has 0 saturated heterocycles. The van der Waals surface area contributed by atoms with Crippen molar-refractivity contribution in [2.75, 3.05) is 6.54 Å². The van der Waals surface area contributed by atoms with Crippen LogP contribution in [-0.2, 0) is 20.7 Å². The Bertz CT molecular complexity index is 786. The molecule has 192 valence electrons. The van der Waals surface area contributed by atoms with Gasteiger partial charge in [0.25, 0.3) is 0 Å². The van der Waals surface area contributed by atoms with Crippen LogP contribution in [0.3, 0.4) is 0 Å². The van der Waals surface area contributed by atoms with E-state index in [0.29, 0.717) is 13.0 Å². The van der Waals surface area contributed by atoms with Gasteiger partial charge in [0.1, 0.15) is 17.7 Å². The molecule has 0 saturated carbocycles. The molecule has 0 fully saturated rings. The van der Waals surface area contributed by atoms with Crippen molar-refractivity contribution in [3.63, 3.8) is 0 Å². The Balaban J connectivity index is 3.28. The quantitative estimate of drug-likeness (QED) is 0.410. The molecule has 1 rings (SSSR count). The zero-order chi connectivity index (χ0) is 25.9. The summed E-state index contributed by atoms with van der Waals surface area (Å²) in [5.41, 5.74) is 1.24. The van der Waals surface area contributed by atoms with E-state index in [2.05, 4.69) is 24.5 Å². The van der Waals surface area contributed by atoms with Crippen LogP contribution in [0, 0.1) is 0 Å². The van der Waals surface area contributed by atoms with Gasteiger partial charge in [0.2, 0.25) is 11.8 Å². The second-order valence-corrected chi connectivity index (χ2v) is 9.87. The molecule has 0 aliphatic carbocycles. The van der Waals surface area contributed by atoms with Crippen molar-refractivity contribution in [2.45, 2.75) is 111 Å². The second kappa shape index (κ2) is 14.0. The van der Waals surface area contributed by atoms with E-state index >= 15 is 0 Å². The van der Waals surface area contributed by atoms with Gasteiger partial charge in [-0.25, -0.2) is 4.79 Å². The van der Waals surface area contributed by atoms with E-state index in [4.69, 9.17) is 4.74 Å². The number of nitrogens with zero attached hydrogens (tertiary/aromatic N) is 1. The Morgan fingerprint density at radius 3 is 2.12 bits per heavy atom. The summed E-state index contributed by atoms with van der Waals surface area (Å²) in [5.74, 6) is -0.535. The Kier molecular flexibility index (Phi) is 12.1. The number of ether oxygens (including phenoxy) is 1. The van der Waals surface area contributed by atoms with E-state index in [0.717, 1.165) is 36.8 Å². The van der Waals surface area contributed by atoms with Gasteiger partial charge < -0.3 is 20.3 Å². The van der Waals surface area contributed by atoms with Crippen LogP contribution in [0.5, 0.6) is 0 Å². The summed E-state index contributed by atoms with van der Waals surface area (Å²) in [5, 5.41) is 5.66. The van der Waals surface area contributed by atoms with Crippen LogP contribution in [0.4, 0.5) is 4.79 Å². The van der Waals surface area contributed by atoms with E-state index in [1.54, 1.807) is 32.6 Å². The first kappa shape index (κ1) is 29.5. The lowest BCUT2D eigenvalue weighted by atomic mass is 9.98. The molecular formula is C27H45N3O4. The largest absolute Gasteiger partial charge is 0.444 e. The molecule has 0 radical (unpaired) electrons. The van der Waals surface area contributed by atoms with Crippen LogP contribution >= 0.6 is 0 Å². The number of aryl methyl sites for hydroxylation is 1. The minimum absolute atomic E-state index is 0.210. The predicted octanol–water partition coefficient (Wildman–Crippen LogP) is 5.14. The number of hydrogen-bond acceptors (Lipinski definition) is 4. The molecule has 0 heterocycles. The normalized spacial score (nSPS) is 14.0. The number of carbonyl (C=O) groups excluding carboxylic acids is 3. The SMILES string of the molecule is CCCCCNC(=O)C(c1ccc(CC)cc1)N(C(=O)C(C)NC(=O)OC(C)(C)C)C(C)CC. The zero-order valence-electron chi connectivity index (χ0n) is 22.4. The average molecular weight is 476 g/mol. The van der Waals surface area contributed by atoms with Crippen molar-refractivity contribution in [1.29, 1.82) is 0 Å². The summed E-state index contributed by atoms with van der Waals surface area (Å²) in [6.07, 6.45) is 3.86. The van der Waals surface area contributed by atoms with Crippen LogP contribution in [0.1, 0.15) is 98.2 Å². The van der Waals surface area contributed by atoms with Crippen LogP contribution in [0.2, 0.25) is 0 Å². The highest BCUT2D eigenvalue weighted by Crippen LogP contribution is 2.26. The molecule has 1 aromatic carbocycles. The highest BCUT2D eigenvalue weighted by atomic mass is 16.6. The molecule has 3 amide bonds. The molecule has 2 N–H and O–H groups in total. The Morgan fingerprint density at radius 1 is 1.00 bits per heavy atom. The smallest absolute Gasteiger partial charge is 0.408 e. The molecule has 7 nitrogen and oxygen atoms in total. The van der Waals surface area contributed by atoms with E-state index < -0.39 is 23.8 Å². The fourth-order valence-electron chi connectivity index (χ4n) is 3.62. The molecule has 3 atom stereocenters. The Hall–Kier alpha value is -2.57. The van der Waals surface area contributed by atoms with Crippen molar-refractivity contribution < 1.29 is 19.1 Å². The van der Waals surface area contributed by atoms with E-state index in [-0.39, 0.29) is 17.9 Å². The predicted molar refractivity (Wildman–Crippen MR) is 137 cm³/mol. The maximum absolute atomic E-state index is 13.6. The van der Waals surface area contributed by atoms with Gasteiger partial charge in [0, 0.05) is 12.6 Å². The molecule has 7 heteroatoms. The van der Waals surface area contributed by atoms with E-state index in [1.165, 1.54) is 0 Å². The van der Waals surface area contributed by atoms with Gasteiger partial charge in [-0.2, -0.15) is 0 Å². The summed E-state index contributed by atoms with van der Waals surface area (Å²) in [4.78, 5) is 41.0. The molecule has 0 bridgehead atoms. The van der Waals surface area contributed by atoms with Crippen LogP contribution in [-0.4, -0.2) is 47.0 Å². The minimum Gasteiger partial charge on any atom is -0.444 e. The van der Waals surface area contributed by atoms with E-state index in [1.807, 2.05) is 38.1 Å². The number of nitrogens with one attached hydrogen (secondary N) is 2. The number of benzene rings is 1. The fraction of sp³-hybridized carbons (Fsp3) is 0.667. The van der Waals surface area contributed by atoms with Crippen molar-refractivity contribution in [3.8, 4) is 0 Å². The third kappa shape index (κ3) is 9.35. The number of hydrogen-bond donors (Lipinski definition) is 2. The number of carbonyl (C=O) groups is 3. The lowest BCUT2D eigenvalue weighted by Crippen LogP contribution is -2.54. The fourth-order valence-corrected chi connectivity index (χ4v) is 3.62. The topological polar surface area (TPSA) is 87.7 Å².